The minimum absolute atomic E-state index is 0.129. The zero-order valence-electron chi connectivity index (χ0n) is 9.41. The molecule has 0 saturated heterocycles. The Morgan fingerprint density at radius 2 is 2.18 bits per heavy atom. The first-order chi connectivity index (χ1) is 8.10. The maximum Gasteiger partial charge on any atom is 0.338 e. The lowest BCUT2D eigenvalue weighted by Gasteiger charge is -2.16. The molecule has 0 aromatic carbocycles. The summed E-state index contributed by atoms with van der Waals surface area (Å²) in [5, 5.41) is 28.0. The van der Waals surface area contributed by atoms with Crippen LogP contribution >= 0.6 is 0 Å². The lowest BCUT2D eigenvalue weighted by atomic mass is 10.1. The van der Waals surface area contributed by atoms with Crippen molar-refractivity contribution < 1.29 is 24.9 Å². The molecule has 0 aliphatic rings. The van der Waals surface area contributed by atoms with Gasteiger partial charge in [0.15, 0.2) is 6.10 Å². The van der Waals surface area contributed by atoms with Crippen molar-refractivity contribution in [3.8, 4) is 0 Å². The van der Waals surface area contributed by atoms with Gasteiger partial charge in [-0.05, 0) is 13.0 Å². The molecule has 0 fully saturated rings. The molecule has 0 saturated carbocycles. The van der Waals surface area contributed by atoms with Crippen LogP contribution in [-0.4, -0.2) is 39.0 Å². The largest absolute Gasteiger partial charge is 0.464 e. The zero-order valence-corrected chi connectivity index (χ0v) is 9.41. The van der Waals surface area contributed by atoms with Gasteiger partial charge in [0.1, 0.15) is 6.10 Å². The molecule has 6 nitrogen and oxygen atoms in total. The first-order valence-electron chi connectivity index (χ1n) is 5.18. The second kappa shape index (κ2) is 6.29. The Balaban J connectivity index is 2.73. The number of nitrogens with zero attached hydrogens (tertiary/aromatic N) is 1. The smallest absolute Gasteiger partial charge is 0.338 e. The summed E-state index contributed by atoms with van der Waals surface area (Å²) in [6, 6.07) is 2.97. The maximum absolute atomic E-state index is 11.2. The Bertz CT molecular complexity index is 365. The first-order valence-corrected chi connectivity index (χ1v) is 5.18. The molecule has 1 rings (SSSR count). The molecule has 0 bridgehead atoms. The van der Waals surface area contributed by atoms with Gasteiger partial charge in [0.05, 0.1) is 18.9 Å². The average molecular weight is 241 g/mol. The molecule has 17 heavy (non-hydrogen) atoms. The number of hydrogen-bond donors (Lipinski definition) is 3. The molecule has 2 unspecified atom stereocenters. The van der Waals surface area contributed by atoms with Crippen LogP contribution in [0.4, 0.5) is 0 Å². The van der Waals surface area contributed by atoms with E-state index in [2.05, 4.69) is 9.72 Å². The van der Waals surface area contributed by atoms with Crippen molar-refractivity contribution in [1.82, 2.24) is 4.98 Å². The third kappa shape index (κ3) is 3.48. The lowest BCUT2D eigenvalue weighted by Crippen LogP contribution is -2.30. The van der Waals surface area contributed by atoms with Crippen LogP contribution in [0.5, 0.6) is 0 Å². The van der Waals surface area contributed by atoms with Gasteiger partial charge in [-0.3, -0.25) is 4.98 Å². The number of rotatable bonds is 5. The second-order valence-corrected chi connectivity index (χ2v) is 3.38. The van der Waals surface area contributed by atoms with Crippen LogP contribution in [0.3, 0.4) is 0 Å². The van der Waals surface area contributed by atoms with Gasteiger partial charge in [0, 0.05) is 11.8 Å². The molecular formula is C11H15NO5. The van der Waals surface area contributed by atoms with E-state index in [4.69, 9.17) is 5.11 Å². The van der Waals surface area contributed by atoms with Crippen molar-refractivity contribution in [3.63, 3.8) is 0 Å². The van der Waals surface area contributed by atoms with E-state index >= 15 is 0 Å². The van der Waals surface area contributed by atoms with Crippen LogP contribution in [0, 0.1) is 0 Å². The van der Waals surface area contributed by atoms with Crippen LogP contribution in [0.15, 0.2) is 18.3 Å². The van der Waals surface area contributed by atoms with Crippen LogP contribution in [-0.2, 0) is 16.1 Å². The summed E-state index contributed by atoms with van der Waals surface area (Å²) in [7, 11) is 0. The Kier molecular flexibility index (Phi) is 5.02. The molecule has 0 radical (unpaired) electrons. The fourth-order valence-corrected chi connectivity index (χ4v) is 1.24. The monoisotopic (exact) mass is 241 g/mol. The summed E-state index contributed by atoms with van der Waals surface area (Å²) in [5.41, 5.74) is 0.717. The predicted molar refractivity (Wildman–Crippen MR) is 57.8 cm³/mol. The summed E-state index contributed by atoms with van der Waals surface area (Å²) in [6.07, 6.45) is -1.75. The molecule has 0 aliphatic carbocycles. The topological polar surface area (TPSA) is 99.9 Å². The molecule has 0 aliphatic heterocycles. The third-order valence-corrected chi connectivity index (χ3v) is 2.18. The van der Waals surface area contributed by atoms with Gasteiger partial charge in [0.25, 0.3) is 0 Å². The van der Waals surface area contributed by atoms with Gasteiger partial charge in [-0.1, -0.05) is 6.07 Å². The number of carbonyl (C=O) groups excluding carboxylic acids is 1. The summed E-state index contributed by atoms with van der Waals surface area (Å²) in [6.45, 7) is 1.52. The summed E-state index contributed by atoms with van der Waals surface area (Å²) in [5.74, 6) is -0.883. The highest BCUT2D eigenvalue weighted by molar-refractivity contribution is 5.75. The number of aliphatic hydroxyl groups is 3. The second-order valence-electron chi connectivity index (χ2n) is 3.38. The molecule has 1 aromatic rings. The fourth-order valence-electron chi connectivity index (χ4n) is 1.24. The molecule has 2 atom stereocenters. The number of aliphatic hydroxyl groups excluding tert-OH is 3. The Hall–Kier alpha value is -1.50. The number of hydrogen-bond acceptors (Lipinski definition) is 6. The van der Waals surface area contributed by atoms with E-state index in [1.54, 1.807) is 6.92 Å². The van der Waals surface area contributed by atoms with E-state index < -0.39 is 18.2 Å². The van der Waals surface area contributed by atoms with Gasteiger partial charge in [0.2, 0.25) is 0 Å². The number of pyridine rings is 1. The molecule has 94 valence electrons. The minimum atomic E-state index is -1.64. The van der Waals surface area contributed by atoms with E-state index in [0.717, 1.165) is 0 Å². The van der Waals surface area contributed by atoms with Crippen LogP contribution in [0.1, 0.15) is 24.3 Å². The third-order valence-electron chi connectivity index (χ3n) is 2.18. The Labute approximate surface area is 98.5 Å². The Morgan fingerprint density at radius 3 is 2.65 bits per heavy atom. The van der Waals surface area contributed by atoms with Crippen molar-refractivity contribution in [2.45, 2.75) is 25.7 Å². The van der Waals surface area contributed by atoms with E-state index in [1.165, 1.54) is 18.3 Å². The van der Waals surface area contributed by atoms with E-state index in [-0.39, 0.29) is 18.8 Å². The molecule has 0 amide bonds. The van der Waals surface area contributed by atoms with Gasteiger partial charge in [-0.2, -0.15) is 0 Å². The quantitative estimate of drug-likeness (QED) is 0.603. The van der Waals surface area contributed by atoms with Crippen LogP contribution in [0.25, 0.3) is 0 Å². The average Bonchev–Trinajstić information content (AvgIpc) is 2.37. The van der Waals surface area contributed by atoms with E-state index in [9.17, 15) is 15.0 Å². The summed E-state index contributed by atoms with van der Waals surface area (Å²) in [4.78, 5) is 15.0. The highest BCUT2D eigenvalue weighted by Gasteiger charge is 2.26. The number of aromatic nitrogens is 1. The SMILES string of the molecule is CCOC(=O)C(O)C(O)c1ccc(CO)nc1. The standard InChI is InChI=1S/C11H15NO5/c1-2-17-11(16)10(15)9(14)7-3-4-8(6-13)12-5-7/h3-5,9-10,13-15H,2,6H2,1H3. The number of esters is 1. The lowest BCUT2D eigenvalue weighted by molar-refractivity contribution is -0.159. The first kappa shape index (κ1) is 13.6. The molecular weight excluding hydrogens is 226 g/mol. The summed E-state index contributed by atoms with van der Waals surface area (Å²) >= 11 is 0. The molecule has 0 spiro atoms. The number of carbonyl (C=O) groups is 1. The summed E-state index contributed by atoms with van der Waals surface area (Å²) < 4.78 is 4.58. The van der Waals surface area contributed by atoms with Gasteiger partial charge >= 0.3 is 5.97 Å². The van der Waals surface area contributed by atoms with E-state index in [1.807, 2.05) is 0 Å². The van der Waals surface area contributed by atoms with Crippen molar-refractivity contribution in [2.75, 3.05) is 6.61 Å². The van der Waals surface area contributed by atoms with E-state index in [0.29, 0.717) is 5.69 Å². The van der Waals surface area contributed by atoms with Crippen molar-refractivity contribution in [1.29, 1.82) is 0 Å². The van der Waals surface area contributed by atoms with Crippen LogP contribution < -0.4 is 0 Å². The Morgan fingerprint density at radius 1 is 1.47 bits per heavy atom. The van der Waals surface area contributed by atoms with Crippen LogP contribution in [0.2, 0.25) is 0 Å². The highest BCUT2D eigenvalue weighted by Crippen LogP contribution is 2.17. The molecule has 6 heteroatoms. The highest BCUT2D eigenvalue weighted by atomic mass is 16.5. The van der Waals surface area contributed by atoms with Crippen molar-refractivity contribution in [3.05, 3.63) is 29.6 Å². The predicted octanol–water partition coefficient (Wildman–Crippen LogP) is -0.469. The number of ether oxygens (including phenoxy) is 1. The van der Waals surface area contributed by atoms with Crippen molar-refractivity contribution >= 4 is 5.97 Å². The zero-order chi connectivity index (χ0) is 12.8. The molecule has 1 aromatic heterocycles. The normalized spacial score (nSPS) is 14.1. The molecule has 1 heterocycles. The van der Waals surface area contributed by atoms with Crippen molar-refractivity contribution in [2.24, 2.45) is 0 Å². The van der Waals surface area contributed by atoms with Gasteiger partial charge in [-0.15, -0.1) is 0 Å². The minimum Gasteiger partial charge on any atom is -0.464 e. The fraction of sp³-hybridized carbons (Fsp3) is 0.455. The molecule has 3 N–H and O–H groups in total. The van der Waals surface area contributed by atoms with Gasteiger partial charge in [-0.25, -0.2) is 4.79 Å². The van der Waals surface area contributed by atoms with Gasteiger partial charge < -0.3 is 20.1 Å². The maximum atomic E-state index is 11.2.